The molecular formula is C9H8F3. The van der Waals surface area contributed by atoms with E-state index in [1.54, 1.807) is 0 Å². The smallest absolute Gasteiger partial charge is 0.164 e. The van der Waals surface area contributed by atoms with Crippen molar-refractivity contribution >= 4 is 0 Å². The van der Waals surface area contributed by atoms with Crippen LogP contribution in [0.1, 0.15) is 16.7 Å². The molecular weight excluding hydrogens is 165 g/mol. The Morgan fingerprint density at radius 1 is 0.833 bits per heavy atom. The van der Waals surface area contributed by atoms with Crippen LogP contribution in [0, 0.1) is 38.2 Å². The predicted octanol–water partition coefficient (Wildman–Crippen LogP) is 2.90. The van der Waals surface area contributed by atoms with Crippen LogP contribution in [0.15, 0.2) is 0 Å². The first-order valence-electron chi connectivity index (χ1n) is 3.42. The van der Waals surface area contributed by atoms with Gasteiger partial charge in [-0.05, 0) is 31.9 Å². The average Bonchev–Trinajstić information content (AvgIpc) is 2.08. The van der Waals surface area contributed by atoms with E-state index in [-0.39, 0.29) is 16.7 Å². The first kappa shape index (κ1) is 9.10. The molecule has 0 saturated carbocycles. The van der Waals surface area contributed by atoms with E-state index >= 15 is 0 Å². The summed E-state index contributed by atoms with van der Waals surface area (Å²) in [7, 11) is 0. The van der Waals surface area contributed by atoms with Gasteiger partial charge in [0.25, 0.3) is 0 Å². The molecule has 1 aromatic carbocycles. The van der Waals surface area contributed by atoms with Gasteiger partial charge in [-0.1, -0.05) is 0 Å². The van der Waals surface area contributed by atoms with Crippen LogP contribution in [0.25, 0.3) is 0 Å². The summed E-state index contributed by atoms with van der Waals surface area (Å²) >= 11 is 0. The minimum atomic E-state index is -1.15. The maximum atomic E-state index is 13.0. The second-order valence-electron chi connectivity index (χ2n) is 2.67. The highest BCUT2D eigenvalue weighted by Crippen LogP contribution is 2.22. The molecule has 0 aliphatic heterocycles. The van der Waals surface area contributed by atoms with Gasteiger partial charge in [0.2, 0.25) is 0 Å². The van der Waals surface area contributed by atoms with Crippen LogP contribution in [-0.4, -0.2) is 0 Å². The van der Waals surface area contributed by atoms with Gasteiger partial charge in [0.05, 0.1) is 0 Å². The molecule has 1 radical (unpaired) electrons. The van der Waals surface area contributed by atoms with Gasteiger partial charge in [-0.2, -0.15) is 0 Å². The van der Waals surface area contributed by atoms with E-state index in [9.17, 15) is 13.2 Å². The zero-order valence-electron chi connectivity index (χ0n) is 6.84. The molecule has 0 nitrogen and oxygen atoms in total. The van der Waals surface area contributed by atoms with E-state index in [1.165, 1.54) is 13.8 Å². The quantitative estimate of drug-likeness (QED) is 0.529. The Bertz CT molecular complexity index is 224. The van der Waals surface area contributed by atoms with Crippen molar-refractivity contribution in [3.8, 4) is 0 Å². The van der Waals surface area contributed by atoms with E-state index in [0.717, 1.165) is 0 Å². The van der Waals surface area contributed by atoms with Crippen molar-refractivity contribution in [2.75, 3.05) is 0 Å². The van der Waals surface area contributed by atoms with Crippen LogP contribution in [0.4, 0.5) is 13.2 Å². The van der Waals surface area contributed by atoms with Gasteiger partial charge >= 0.3 is 0 Å². The lowest BCUT2D eigenvalue weighted by atomic mass is 10.0. The Kier molecular flexibility index (Phi) is 2.13. The molecule has 0 aliphatic carbocycles. The summed E-state index contributed by atoms with van der Waals surface area (Å²) in [5.41, 5.74) is -0.445. The van der Waals surface area contributed by atoms with Crippen molar-refractivity contribution in [1.29, 1.82) is 0 Å². The Morgan fingerprint density at radius 2 is 1.33 bits per heavy atom. The topological polar surface area (TPSA) is 0 Å². The molecule has 0 saturated heterocycles. The fraction of sp³-hybridized carbons (Fsp3) is 0.222. The molecule has 12 heavy (non-hydrogen) atoms. The lowest BCUT2D eigenvalue weighted by Crippen LogP contribution is -2.01. The number of halogens is 3. The summed E-state index contributed by atoms with van der Waals surface area (Å²) in [6.45, 7) is 5.79. The largest absolute Gasteiger partial charge is 0.206 e. The van der Waals surface area contributed by atoms with E-state index < -0.39 is 17.5 Å². The molecule has 1 aromatic rings. The van der Waals surface area contributed by atoms with Gasteiger partial charge in [-0.15, -0.1) is 0 Å². The fourth-order valence-electron chi connectivity index (χ4n) is 0.972. The first-order valence-corrected chi connectivity index (χ1v) is 3.42. The van der Waals surface area contributed by atoms with Crippen LogP contribution in [0.2, 0.25) is 0 Å². The highest BCUT2D eigenvalue weighted by atomic mass is 19.2. The molecule has 1 rings (SSSR count). The maximum absolute atomic E-state index is 13.0. The van der Waals surface area contributed by atoms with E-state index in [1.807, 2.05) is 0 Å². The molecule has 65 valence electrons. The molecule has 0 unspecified atom stereocenters. The molecule has 0 amide bonds. The molecule has 0 aliphatic rings. The average molecular weight is 173 g/mol. The fourth-order valence-corrected chi connectivity index (χ4v) is 0.972. The zero-order chi connectivity index (χ0) is 9.46. The predicted molar refractivity (Wildman–Crippen MR) is 40.2 cm³/mol. The second kappa shape index (κ2) is 2.81. The summed E-state index contributed by atoms with van der Waals surface area (Å²) in [4.78, 5) is 0. The minimum Gasteiger partial charge on any atom is -0.206 e. The Balaban J connectivity index is 3.60. The van der Waals surface area contributed by atoms with Gasteiger partial charge in [0.15, 0.2) is 11.6 Å². The first-order chi connectivity index (χ1) is 5.46. The molecule has 0 heterocycles. The van der Waals surface area contributed by atoms with Gasteiger partial charge in [0.1, 0.15) is 5.82 Å². The number of benzene rings is 1. The van der Waals surface area contributed by atoms with Gasteiger partial charge in [-0.3, -0.25) is 0 Å². The molecule has 0 bridgehead atoms. The maximum Gasteiger partial charge on any atom is 0.164 e. The molecule has 0 N–H and O–H groups in total. The Labute approximate surface area is 69.0 Å². The van der Waals surface area contributed by atoms with Gasteiger partial charge < -0.3 is 0 Å². The van der Waals surface area contributed by atoms with Crippen LogP contribution < -0.4 is 0 Å². The number of rotatable bonds is 0. The number of hydrogen-bond acceptors (Lipinski definition) is 0. The molecule has 0 atom stereocenters. The number of hydrogen-bond donors (Lipinski definition) is 0. The molecule has 3 heteroatoms. The molecule has 0 fully saturated rings. The zero-order valence-corrected chi connectivity index (χ0v) is 6.84. The standard InChI is InChI=1S/C9H8F3/c1-4-5(2)8(11)9(12)6(3)7(4)10/h2H2,1,3H3. The van der Waals surface area contributed by atoms with Crippen molar-refractivity contribution in [3.05, 3.63) is 41.1 Å². The lowest BCUT2D eigenvalue weighted by Gasteiger charge is -2.07. The van der Waals surface area contributed by atoms with Crippen molar-refractivity contribution in [3.63, 3.8) is 0 Å². The van der Waals surface area contributed by atoms with E-state index in [2.05, 4.69) is 6.92 Å². The third kappa shape index (κ3) is 1.09. The van der Waals surface area contributed by atoms with Gasteiger partial charge in [-0.25, -0.2) is 13.2 Å². The molecule has 0 aromatic heterocycles. The van der Waals surface area contributed by atoms with E-state index in [4.69, 9.17) is 0 Å². The second-order valence-corrected chi connectivity index (χ2v) is 2.67. The Morgan fingerprint density at radius 3 is 1.83 bits per heavy atom. The third-order valence-corrected chi connectivity index (χ3v) is 1.90. The van der Waals surface area contributed by atoms with Gasteiger partial charge in [0, 0.05) is 5.56 Å². The normalized spacial score (nSPS) is 10.5. The van der Waals surface area contributed by atoms with Crippen LogP contribution >= 0.6 is 0 Å². The Hall–Kier alpha value is -0.990. The summed E-state index contributed by atoms with van der Waals surface area (Å²) in [6, 6.07) is 0. The highest BCUT2D eigenvalue weighted by molar-refractivity contribution is 5.36. The summed E-state index contributed by atoms with van der Waals surface area (Å²) in [6.07, 6.45) is 0. The van der Waals surface area contributed by atoms with Crippen molar-refractivity contribution in [2.24, 2.45) is 0 Å². The monoisotopic (exact) mass is 173 g/mol. The van der Waals surface area contributed by atoms with Crippen molar-refractivity contribution in [2.45, 2.75) is 13.8 Å². The van der Waals surface area contributed by atoms with Crippen LogP contribution in [-0.2, 0) is 0 Å². The SMILES string of the molecule is [CH2]c1c(C)c(F)c(C)c(F)c1F. The summed E-state index contributed by atoms with van der Waals surface area (Å²) in [5, 5.41) is 0. The summed E-state index contributed by atoms with van der Waals surface area (Å²) in [5.74, 6) is -2.94. The molecule has 0 spiro atoms. The lowest BCUT2D eigenvalue weighted by molar-refractivity contribution is 0.480. The third-order valence-electron chi connectivity index (χ3n) is 1.90. The van der Waals surface area contributed by atoms with E-state index in [0.29, 0.717) is 0 Å². The summed E-state index contributed by atoms with van der Waals surface area (Å²) < 4.78 is 38.6. The van der Waals surface area contributed by atoms with Crippen molar-refractivity contribution < 1.29 is 13.2 Å². The van der Waals surface area contributed by atoms with Crippen molar-refractivity contribution in [1.82, 2.24) is 0 Å². The van der Waals surface area contributed by atoms with Crippen LogP contribution in [0.3, 0.4) is 0 Å². The van der Waals surface area contributed by atoms with Crippen LogP contribution in [0.5, 0.6) is 0 Å². The highest BCUT2D eigenvalue weighted by Gasteiger charge is 2.16. The minimum absolute atomic E-state index is 0.0615.